The first-order valence-electron chi connectivity index (χ1n) is 12.6. The summed E-state index contributed by atoms with van der Waals surface area (Å²) in [6.07, 6.45) is 18.5. The molecule has 4 heteroatoms. The molecule has 0 N–H and O–H groups in total. The van der Waals surface area contributed by atoms with Crippen molar-refractivity contribution < 1.29 is 0 Å². The van der Waals surface area contributed by atoms with Crippen molar-refractivity contribution in [3.8, 4) is 41.6 Å². The molecule has 0 atom stereocenters. The van der Waals surface area contributed by atoms with Crippen molar-refractivity contribution in [2.75, 3.05) is 0 Å². The van der Waals surface area contributed by atoms with Gasteiger partial charge in [0.2, 0.25) is 0 Å². The van der Waals surface area contributed by atoms with Gasteiger partial charge in [-0.25, -0.2) is 0 Å². The molecule has 0 radical (unpaired) electrons. The lowest BCUT2D eigenvalue weighted by molar-refractivity contribution is 0.668. The highest BCUT2D eigenvalue weighted by molar-refractivity contribution is 7.28. The van der Waals surface area contributed by atoms with E-state index in [4.69, 9.17) is 6.42 Å². The second-order valence-electron chi connectivity index (χ2n) is 8.83. The monoisotopic (exact) mass is 522 g/mol. The maximum Gasteiger partial charge on any atom is 0.0775 e. The molecule has 0 unspecified atom stereocenters. The molecule has 0 nitrogen and oxygen atoms in total. The van der Waals surface area contributed by atoms with Crippen molar-refractivity contribution in [1.82, 2.24) is 0 Å². The molecule has 4 heterocycles. The number of hydrogen-bond donors (Lipinski definition) is 0. The van der Waals surface area contributed by atoms with E-state index in [1.54, 1.807) is 11.3 Å². The molecule has 0 aromatic carbocycles. The SMILES string of the molecule is C#Cc1cc(CCCCCC)c(-c2ccc(-c3ccc(-c4sccc4CCCCCC)s3)s2)s1. The van der Waals surface area contributed by atoms with Crippen molar-refractivity contribution in [2.24, 2.45) is 0 Å². The van der Waals surface area contributed by atoms with Crippen molar-refractivity contribution in [1.29, 1.82) is 0 Å². The standard InChI is InChI=1S/C30H34S4/c1-4-7-9-11-13-22-19-20-31-29(22)27-17-15-25(33-27)26-16-18-28(34-26)30-23(14-12-10-8-5-2)21-24(6-3)32-30/h3,15-21H,4-5,7-14H2,1-2H3. The minimum absolute atomic E-state index is 1.05. The van der Waals surface area contributed by atoms with Gasteiger partial charge in [0.05, 0.1) is 4.88 Å². The average molecular weight is 523 g/mol. The molecular formula is C30H34S4. The van der Waals surface area contributed by atoms with Gasteiger partial charge in [-0.05, 0) is 78.6 Å². The van der Waals surface area contributed by atoms with E-state index in [9.17, 15) is 0 Å². The van der Waals surface area contributed by atoms with Crippen molar-refractivity contribution >= 4 is 45.3 Å². The summed E-state index contributed by atoms with van der Waals surface area (Å²) in [7, 11) is 0. The van der Waals surface area contributed by atoms with Crippen LogP contribution in [0.5, 0.6) is 0 Å². The average Bonchev–Trinajstić information content (AvgIpc) is 3.65. The first-order valence-corrected chi connectivity index (χ1v) is 15.9. The van der Waals surface area contributed by atoms with Gasteiger partial charge in [-0.2, -0.15) is 0 Å². The summed E-state index contributed by atoms with van der Waals surface area (Å²) in [5, 5.41) is 2.26. The molecule has 0 aliphatic rings. The molecule has 178 valence electrons. The zero-order valence-electron chi connectivity index (χ0n) is 20.3. The summed E-state index contributed by atoms with van der Waals surface area (Å²) in [6, 6.07) is 13.8. The Bertz CT molecular complexity index is 1210. The van der Waals surface area contributed by atoms with Gasteiger partial charge in [0.15, 0.2) is 0 Å². The van der Waals surface area contributed by atoms with Gasteiger partial charge in [-0.3, -0.25) is 0 Å². The van der Waals surface area contributed by atoms with Crippen molar-refractivity contribution in [3.05, 3.63) is 57.8 Å². The minimum Gasteiger partial charge on any atom is -0.143 e. The first-order chi connectivity index (χ1) is 16.7. The van der Waals surface area contributed by atoms with Crippen LogP contribution in [0.3, 0.4) is 0 Å². The van der Waals surface area contributed by atoms with Crippen LogP contribution in [0, 0.1) is 12.3 Å². The van der Waals surface area contributed by atoms with Crippen LogP contribution in [-0.2, 0) is 12.8 Å². The molecule has 0 saturated heterocycles. The highest BCUT2D eigenvalue weighted by atomic mass is 32.1. The van der Waals surface area contributed by atoms with Gasteiger partial charge in [0.25, 0.3) is 0 Å². The predicted molar refractivity (Wildman–Crippen MR) is 158 cm³/mol. The molecule has 4 rings (SSSR count). The summed E-state index contributed by atoms with van der Waals surface area (Å²) in [5.74, 6) is 2.87. The van der Waals surface area contributed by atoms with Crippen LogP contribution < -0.4 is 0 Å². The topological polar surface area (TPSA) is 0 Å². The van der Waals surface area contributed by atoms with E-state index in [-0.39, 0.29) is 0 Å². The predicted octanol–water partition coefficient (Wildman–Crippen LogP) is 11.2. The highest BCUT2D eigenvalue weighted by Crippen LogP contribution is 2.44. The van der Waals surface area contributed by atoms with Gasteiger partial charge in [-0.15, -0.1) is 51.8 Å². The summed E-state index contributed by atoms with van der Waals surface area (Å²) in [6.45, 7) is 4.54. The smallest absolute Gasteiger partial charge is 0.0775 e. The third kappa shape index (κ3) is 6.32. The van der Waals surface area contributed by atoms with Gasteiger partial charge in [0, 0.05) is 29.3 Å². The van der Waals surface area contributed by atoms with Crippen molar-refractivity contribution in [2.45, 2.75) is 78.1 Å². The quantitative estimate of drug-likeness (QED) is 0.121. The lowest BCUT2D eigenvalue weighted by Gasteiger charge is -2.02. The summed E-state index contributed by atoms with van der Waals surface area (Å²) in [5.41, 5.74) is 2.95. The molecule has 4 aromatic heterocycles. The number of thiophene rings is 4. The maximum atomic E-state index is 5.76. The lowest BCUT2D eigenvalue weighted by Crippen LogP contribution is -1.85. The van der Waals surface area contributed by atoms with Gasteiger partial charge >= 0.3 is 0 Å². The number of hydrogen-bond acceptors (Lipinski definition) is 4. The fraction of sp³-hybridized carbons (Fsp3) is 0.400. The van der Waals surface area contributed by atoms with Crippen LogP contribution in [0.25, 0.3) is 29.3 Å². The van der Waals surface area contributed by atoms with E-state index in [1.807, 2.05) is 34.0 Å². The fourth-order valence-corrected chi connectivity index (χ4v) is 8.70. The van der Waals surface area contributed by atoms with Crippen LogP contribution in [0.1, 0.15) is 81.2 Å². The van der Waals surface area contributed by atoms with E-state index in [0.717, 1.165) is 11.3 Å². The molecule has 0 spiro atoms. The number of terminal acetylenes is 1. The van der Waals surface area contributed by atoms with Crippen LogP contribution in [-0.4, -0.2) is 0 Å². The second kappa shape index (κ2) is 12.9. The van der Waals surface area contributed by atoms with Crippen LogP contribution in [0.4, 0.5) is 0 Å². The van der Waals surface area contributed by atoms with E-state index < -0.39 is 0 Å². The summed E-state index contributed by atoms with van der Waals surface area (Å²) >= 11 is 7.52. The Balaban J connectivity index is 1.50. The van der Waals surface area contributed by atoms with Crippen LogP contribution in [0.15, 0.2) is 41.8 Å². The Labute approximate surface area is 221 Å². The Kier molecular flexibility index (Phi) is 9.65. The number of rotatable bonds is 13. The number of unbranched alkanes of at least 4 members (excludes halogenated alkanes) is 6. The Morgan fingerprint density at radius 3 is 1.85 bits per heavy atom. The largest absolute Gasteiger partial charge is 0.143 e. The molecule has 0 aliphatic heterocycles. The molecule has 0 amide bonds. The fourth-order valence-electron chi connectivity index (χ4n) is 4.31. The highest BCUT2D eigenvalue weighted by Gasteiger charge is 2.15. The summed E-state index contributed by atoms with van der Waals surface area (Å²) < 4.78 is 0. The second-order valence-corrected chi connectivity index (χ2v) is 13.0. The zero-order chi connectivity index (χ0) is 23.8. The molecule has 4 aromatic rings. The zero-order valence-corrected chi connectivity index (χ0v) is 23.6. The Morgan fingerprint density at radius 1 is 0.647 bits per heavy atom. The third-order valence-electron chi connectivity index (χ3n) is 6.20. The normalized spacial score (nSPS) is 11.2. The first kappa shape index (κ1) is 25.5. The van der Waals surface area contributed by atoms with Crippen molar-refractivity contribution in [3.63, 3.8) is 0 Å². The maximum absolute atomic E-state index is 5.76. The van der Waals surface area contributed by atoms with E-state index in [1.165, 1.54) is 98.2 Å². The van der Waals surface area contributed by atoms with E-state index in [2.05, 4.69) is 61.5 Å². The van der Waals surface area contributed by atoms with E-state index >= 15 is 0 Å². The Hall–Kier alpha value is -1.64. The van der Waals surface area contributed by atoms with E-state index in [0.29, 0.717) is 0 Å². The summed E-state index contributed by atoms with van der Waals surface area (Å²) in [4.78, 5) is 9.40. The molecule has 0 saturated carbocycles. The Morgan fingerprint density at radius 2 is 1.24 bits per heavy atom. The molecule has 0 bridgehead atoms. The molecular weight excluding hydrogens is 489 g/mol. The molecule has 0 aliphatic carbocycles. The molecule has 34 heavy (non-hydrogen) atoms. The third-order valence-corrected chi connectivity index (χ3v) is 11.0. The van der Waals surface area contributed by atoms with Crippen LogP contribution >= 0.6 is 45.3 Å². The number of aryl methyl sites for hydroxylation is 2. The van der Waals surface area contributed by atoms with Crippen LogP contribution in [0.2, 0.25) is 0 Å². The molecule has 0 fully saturated rings. The van der Waals surface area contributed by atoms with Gasteiger partial charge < -0.3 is 0 Å². The minimum atomic E-state index is 1.05. The van der Waals surface area contributed by atoms with Gasteiger partial charge in [-0.1, -0.05) is 58.3 Å². The van der Waals surface area contributed by atoms with Gasteiger partial charge in [0.1, 0.15) is 0 Å². The lowest BCUT2D eigenvalue weighted by atomic mass is 10.1.